The van der Waals surface area contributed by atoms with E-state index < -0.39 is 6.04 Å². The summed E-state index contributed by atoms with van der Waals surface area (Å²) >= 11 is 19.9. The summed E-state index contributed by atoms with van der Waals surface area (Å²) in [6.45, 7) is 3.98. The predicted molar refractivity (Wildman–Crippen MR) is 146 cm³/mol. The molecular formula is C27H27Cl3N2O2S. The maximum atomic E-state index is 13.6. The number of benzene rings is 3. The third-order valence-electron chi connectivity index (χ3n) is 5.23. The second-order valence-corrected chi connectivity index (χ2v) is 10.7. The quantitative estimate of drug-likeness (QED) is 0.280. The molecule has 0 radical (unpaired) electrons. The third kappa shape index (κ3) is 8.46. The summed E-state index contributed by atoms with van der Waals surface area (Å²) in [7, 11) is 0. The molecule has 1 unspecified atom stereocenters. The molecule has 0 saturated heterocycles. The van der Waals surface area contributed by atoms with Crippen molar-refractivity contribution in [3.8, 4) is 0 Å². The predicted octanol–water partition coefficient (Wildman–Crippen LogP) is 6.90. The smallest absolute Gasteiger partial charge is 0.243 e. The fraction of sp³-hybridized carbons (Fsp3) is 0.259. The largest absolute Gasteiger partial charge is 0.352 e. The Balaban J connectivity index is 1.93. The zero-order valence-electron chi connectivity index (χ0n) is 19.5. The van der Waals surface area contributed by atoms with Gasteiger partial charge >= 0.3 is 0 Å². The first-order valence-corrected chi connectivity index (χ1v) is 13.3. The second kappa shape index (κ2) is 13.2. The Morgan fingerprint density at radius 1 is 0.914 bits per heavy atom. The Kier molecular flexibility index (Phi) is 10.4. The van der Waals surface area contributed by atoms with Gasteiger partial charge in [0, 0.05) is 39.0 Å². The number of carbonyl (C=O) groups excluding carboxylic acids is 2. The van der Waals surface area contributed by atoms with Crippen LogP contribution in [0.25, 0.3) is 0 Å². The lowest BCUT2D eigenvalue weighted by atomic mass is 10.0. The second-order valence-electron chi connectivity index (χ2n) is 8.37. The van der Waals surface area contributed by atoms with Gasteiger partial charge in [-0.25, -0.2) is 0 Å². The van der Waals surface area contributed by atoms with Gasteiger partial charge in [0.15, 0.2) is 0 Å². The SMILES string of the molecule is CC(C)NC(=O)C(Cc1ccccc1)N(Cc1ccc(Cl)cc1Cl)C(=O)CSc1ccc(Cl)cc1. The van der Waals surface area contributed by atoms with E-state index in [1.165, 1.54) is 11.8 Å². The molecule has 2 amide bonds. The highest BCUT2D eigenvalue weighted by atomic mass is 35.5. The van der Waals surface area contributed by atoms with Gasteiger partial charge in [-0.15, -0.1) is 11.8 Å². The van der Waals surface area contributed by atoms with E-state index >= 15 is 0 Å². The molecule has 0 aliphatic heterocycles. The number of rotatable bonds is 10. The van der Waals surface area contributed by atoms with Crippen molar-refractivity contribution in [1.29, 1.82) is 0 Å². The van der Waals surface area contributed by atoms with Gasteiger partial charge in [-0.2, -0.15) is 0 Å². The molecule has 4 nitrogen and oxygen atoms in total. The highest BCUT2D eigenvalue weighted by Crippen LogP contribution is 2.26. The summed E-state index contributed by atoms with van der Waals surface area (Å²) in [5.74, 6) is -0.220. The average Bonchev–Trinajstić information content (AvgIpc) is 2.82. The monoisotopic (exact) mass is 548 g/mol. The first-order valence-electron chi connectivity index (χ1n) is 11.2. The number of nitrogens with zero attached hydrogens (tertiary/aromatic N) is 1. The summed E-state index contributed by atoms with van der Waals surface area (Å²) in [5.41, 5.74) is 1.68. The van der Waals surface area contributed by atoms with Gasteiger partial charge in [0.05, 0.1) is 5.75 Å². The van der Waals surface area contributed by atoms with Crippen molar-refractivity contribution < 1.29 is 9.59 Å². The average molecular weight is 550 g/mol. The minimum absolute atomic E-state index is 0.0692. The van der Waals surface area contributed by atoms with Crippen LogP contribution in [0.2, 0.25) is 15.1 Å². The molecule has 0 bridgehead atoms. The van der Waals surface area contributed by atoms with Crippen LogP contribution in [0.5, 0.6) is 0 Å². The van der Waals surface area contributed by atoms with Crippen LogP contribution >= 0.6 is 46.6 Å². The molecular weight excluding hydrogens is 523 g/mol. The van der Waals surface area contributed by atoms with Crippen molar-refractivity contribution >= 4 is 58.4 Å². The summed E-state index contributed by atoms with van der Waals surface area (Å²) in [6.07, 6.45) is 0.377. The topological polar surface area (TPSA) is 49.4 Å². The number of thioether (sulfide) groups is 1. The van der Waals surface area contributed by atoms with Crippen LogP contribution in [-0.4, -0.2) is 34.6 Å². The number of hydrogen-bond donors (Lipinski definition) is 1. The van der Waals surface area contributed by atoms with Crippen molar-refractivity contribution in [1.82, 2.24) is 10.2 Å². The van der Waals surface area contributed by atoms with Gasteiger partial charge in [0.1, 0.15) is 6.04 Å². The molecule has 3 aromatic rings. The molecule has 8 heteroatoms. The minimum Gasteiger partial charge on any atom is -0.352 e. The molecule has 184 valence electrons. The number of carbonyl (C=O) groups is 2. The van der Waals surface area contributed by atoms with Gasteiger partial charge in [0.25, 0.3) is 0 Å². The van der Waals surface area contributed by atoms with E-state index in [2.05, 4.69) is 5.32 Å². The minimum atomic E-state index is -0.718. The molecule has 0 aliphatic rings. The fourth-order valence-electron chi connectivity index (χ4n) is 3.53. The van der Waals surface area contributed by atoms with Gasteiger partial charge in [-0.1, -0.05) is 71.2 Å². The van der Waals surface area contributed by atoms with Crippen LogP contribution < -0.4 is 5.32 Å². The molecule has 0 heterocycles. The molecule has 1 atom stereocenters. The van der Waals surface area contributed by atoms with Gasteiger partial charge in [-0.05, 0) is 61.4 Å². The van der Waals surface area contributed by atoms with E-state index in [-0.39, 0.29) is 30.2 Å². The van der Waals surface area contributed by atoms with Crippen LogP contribution in [0.15, 0.2) is 77.7 Å². The summed E-state index contributed by atoms with van der Waals surface area (Å²) in [6, 6.07) is 21.4. The van der Waals surface area contributed by atoms with Crippen molar-refractivity contribution in [3.05, 3.63) is 99.0 Å². The lowest BCUT2D eigenvalue weighted by Gasteiger charge is -2.32. The molecule has 0 saturated carbocycles. The van der Waals surface area contributed by atoms with E-state index in [4.69, 9.17) is 34.8 Å². The van der Waals surface area contributed by atoms with Crippen LogP contribution in [-0.2, 0) is 22.6 Å². The molecule has 1 N–H and O–H groups in total. The third-order valence-corrected chi connectivity index (χ3v) is 7.07. The van der Waals surface area contributed by atoms with Crippen molar-refractivity contribution in [3.63, 3.8) is 0 Å². The number of halogens is 3. The Morgan fingerprint density at radius 2 is 1.57 bits per heavy atom. The van der Waals surface area contributed by atoms with Crippen LogP contribution in [0.4, 0.5) is 0 Å². The summed E-state index contributed by atoms with van der Waals surface area (Å²) in [4.78, 5) is 29.5. The zero-order chi connectivity index (χ0) is 25.4. The Morgan fingerprint density at radius 3 is 2.20 bits per heavy atom. The fourth-order valence-corrected chi connectivity index (χ4v) is 4.91. The molecule has 0 fully saturated rings. The van der Waals surface area contributed by atoms with E-state index in [1.54, 1.807) is 35.2 Å². The summed E-state index contributed by atoms with van der Waals surface area (Å²) in [5, 5.41) is 4.57. The van der Waals surface area contributed by atoms with E-state index in [9.17, 15) is 9.59 Å². The van der Waals surface area contributed by atoms with Crippen molar-refractivity contribution in [2.45, 2.75) is 43.8 Å². The van der Waals surface area contributed by atoms with Crippen LogP contribution in [0.3, 0.4) is 0 Å². The van der Waals surface area contributed by atoms with Crippen LogP contribution in [0, 0.1) is 0 Å². The van der Waals surface area contributed by atoms with Gasteiger partial charge in [-0.3, -0.25) is 9.59 Å². The van der Waals surface area contributed by atoms with Gasteiger partial charge < -0.3 is 10.2 Å². The summed E-state index contributed by atoms with van der Waals surface area (Å²) < 4.78 is 0. The highest BCUT2D eigenvalue weighted by Gasteiger charge is 2.31. The Bertz CT molecular complexity index is 1140. The molecule has 0 aromatic heterocycles. The Labute approximate surface area is 225 Å². The zero-order valence-corrected chi connectivity index (χ0v) is 22.6. The number of amides is 2. The normalized spacial score (nSPS) is 11.8. The lowest BCUT2D eigenvalue weighted by Crippen LogP contribution is -2.52. The number of hydrogen-bond acceptors (Lipinski definition) is 3. The van der Waals surface area contributed by atoms with Gasteiger partial charge in [0.2, 0.25) is 11.8 Å². The maximum Gasteiger partial charge on any atom is 0.243 e. The first-order chi connectivity index (χ1) is 16.7. The molecule has 0 aliphatic carbocycles. The molecule has 0 spiro atoms. The van der Waals surface area contributed by atoms with Crippen LogP contribution in [0.1, 0.15) is 25.0 Å². The maximum absolute atomic E-state index is 13.6. The molecule has 3 aromatic carbocycles. The van der Waals surface area contributed by atoms with Crippen molar-refractivity contribution in [2.24, 2.45) is 0 Å². The van der Waals surface area contributed by atoms with E-state index in [1.807, 2.05) is 56.3 Å². The van der Waals surface area contributed by atoms with Crippen molar-refractivity contribution in [2.75, 3.05) is 5.75 Å². The molecule has 3 rings (SSSR count). The standard InChI is InChI=1S/C27H27Cl3N2O2S/c1-18(2)31-27(34)25(14-19-6-4-3-5-7-19)32(16-20-8-9-22(29)15-24(20)30)26(33)17-35-23-12-10-21(28)11-13-23/h3-13,15,18,25H,14,16-17H2,1-2H3,(H,31,34). The lowest BCUT2D eigenvalue weighted by molar-refractivity contribution is -0.139. The van der Waals surface area contributed by atoms with E-state index in [0.29, 0.717) is 21.5 Å². The Hall–Kier alpha value is -2.18. The molecule has 35 heavy (non-hydrogen) atoms. The first kappa shape index (κ1) is 27.4. The highest BCUT2D eigenvalue weighted by molar-refractivity contribution is 8.00. The number of nitrogens with one attached hydrogen (secondary N) is 1. The van der Waals surface area contributed by atoms with E-state index in [0.717, 1.165) is 16.0 Å².